The van der Waals surface area contributed by atoms with Gasteiger partial charge in [-0.25, -0.2) is 12.4 Å². The van der Waals surface area contributed by atoms with E-state index in [9.17, 15) is 13.2 Å². The second kappa shape index (κ2) is 8.24. The summed E-state index contributed by atoms with van der Waals surface area (Å²) in [6, 6.07) is 14.7. The first-order valence-electron chi connectivity index (χ1n) is 10.3. The van der Waals surface area contributed by atoms with Crippen LogP contribution in [-0.2, 0) is 14.8 Å². The Labute approximate surface area is 177 Å². The predicted octanol–water partition coefficient (Wildman–Crippen LogP) is 3.24. The van der Waals surface area contributed by atoms with Crippen LogP contribution in [0.4, 0.5) is 0 Å². The first-order valence-corrected chi connectivity index (χ1v) is 11.7. The maximum absolute atomic E-state index is 13.4. The summed E-state index contributed by atoms with van der Waals surface area (Å²) in [5.41, 5.74) is 8.04. The highest BCUT2D eigenvalue weighted by molar-refractivity contribution is 7.90. The third-order valence-corrected chi connectivity index (χ3v) is 7.58. The highest BCUT2D eigenvalue weighted by atomic mass is 32.2. The number of nitrogens with zero attached hydrogens (tertiary/aromatic N) is 2. The maximum Gasteiger partial charge on any atom is 0.268 e. The van der Waals surface area contributed by atoms with Gasteiger partial charge in [-0.15, -0.1) is 0 Å². The molecule has 1 amide bonds. The van der Waals surface area contributed by atoms with Crippen LogP contribution in [-0.4, -0.2) is 42.8 Å². The Hall–Kier alpha value is -2.64. The van der Waals surface area contributed by atoms with Crippen LogP contribution in [0.5, 0.6) is 0 Å². The van der Waals surface area contributed by atoms with E-state index in [1.54, 1.807) is 18.3 Å². The Morgan fingerprint density at radius 2 is 1.87 bits per heavy atom. The molecule has 0 radical (unpaired) electrons. The van der Waals surface area contributed by atoms with Gasteiger partial charge in [-0.3, -0.25) is 4.79 Å². The molecule has 0 bridgehead atoms. The standard InChI is InChI=1S/C23H27N3O3S/c1-17-8-10-19(11-9-17)30(28,29)26-16-21(20-5-2-3-6-22(20)26)18-12-14-25(15-18)13-4-7-23(24)27/h2-3,5-6,8-11,16,18H,4,7,12-15H2,1H3,(H2,24,27). The van der Waals surface area contributed by atoms with Gasteiger partial charge >= 0.3 is 0 Å². The SMILES string of the molecule is Cc1ccc(S(=O)(=O)n2cc(C3CCN(CCCC(N)=O)C3)c3ccccc32)cc1. The first kappa shape index (κ1) is 20.6. The Bertz CT molecular complexity index is 1170. The van der Waals surface area contributed by atoms with Crippen LogP contribution in [0.3, 0.4) is 0 Å². The van der Waals surface area contributed by atoms with Crippen LogP contribution in [0.2, 0.25) is 0 Å². The van der Waals surface area contributed by atoms with E-state index < -0.39 is 10.0 Å². The number of benzene rings is 2. The fourth-order valence-corrected chi connectivity index (χ4v) is 5.67. The second-order valence-corrected chi connectivity index (χ2v) is 9.89. The number of primary amides is 1. The fourth-order valence-electron chi connectivity index (χ4n) is 4.29. The van der Waals surface area contributed by atoms with Crippen LogP contribution in [0.25, 0.3) is 10.9 Å². The van der Waals surface area contributed by atoms with Crippen molar-refractivity contribution in [2.24, 2.45) is 5.73 Å². The smallest absolute Gasteiger partial charge is 0.268 e. The normalized spacial score (nSPS) is 17.6. The topological polar surface area (TPSA) is 85.4 Å². The highest BCUT2D eigenvalue weighted by Gasteiger charge is 2.29. The molecule has 3 aromatic rings. The molecule has 0 saturated carbocycles. The summed E-state index contributed by atoms with van der Waals surface area (Å²) in [7, 11) is -3.68. The van der Waals surface area contributed by atoms with Gasteiger partial charge in [0.1, 0.15) is 0 Å². The molecule has 6 nitrogen and oxygen atoms in total. The van der Waals surface area contributed by atoms with Gasteiger partial charge in [0.05, 0.1) is 10.4 Å². The van der Waals surface area contributed by atoms with E-state index in [-0.39, 0.29) is 11.8 Å². The van der Waals surface area contributed by atoms with E-state index in [2.05, 4.69) is 4.90 Å². The van der Waals surface area contributed by atoms with Gasteiger partial charge in [-0.1, -0.05) is 35.9 Å². The van der Waals surface area contributed by atoms with Gasteiger partial charge in [-0.2, -0.15) is 0 Å². The lowest BCUT2D eigenvalue weighted by molar-refractivity contribution is -0.118. The zero-order valence-corrected chi connectivity index (χ0v) is 17.9. The lowest BCUT2D eigenvalue weighted by Crippen LogP contribution is -2.23. The van der Waals surface area contributed by atoms with Crippen LogP contribution >= 0.6 is 0 Å². The minimum absolute atomic E-state index is 0.262. The van der Waals surface area contributed by atoms with Crippen LogP contribution in [0.15, 0.2) is 59.6 Å². The molecule has 0 spiro atoms. The molecule has 1 unspecified atom stereocenters. The zero-order chi connectivity index (χ0) is 21.3. The van der Waals surface area contributed by atoms with Crippen molar-refractivity contribution in [1.82, 2.24) is 8.87 Å². The van der Waals surface area contributed by atoms with Gasteiger partial charge in [-0.05, 0) is 62.5 Å². The van der Waals surface area contributed by atoms with Crippen molar-refractivity contribution in [3.05, 3.63) is 65.9 Å². The number of nitrogens with two attached hydrogens (primary N) is 1. The number of rotatable bonds is 7. The lowest BCUT2D eigenvalue weighted by Gasteiger charge is -2.15. The van der Waals surface area contributed by atoms with E-state index in [0.29, 0.717) is 16.8 Å². The molecule has 2 aromatic carbocycles. The van der Waals surface area contributed by atoms with E-state index in [1.807, 2.05) is 43.3 Å². The summed E-state index contributed by atoms with van der Waals surface area (Å²) in [6.07, 6.45) is 3.92. The number of hydrogen-bond donors (Lipinski definition) is 1. The molecule has 0 aliphatic carbocycles. The largest absolute Gasteiger partial charge is 0.370 e. The molecule has 1 saturated heterocycles. The van der Waals surface area contributed by atoms with Crippen molar-refractivity contribution in [3.63, 3.8) is 0 Å². The predicted molar refractivity (Wildman–Crippen MR) is 118 cm³/mol. The number of likely N-dealkylation sites (tertiary alicyclic amines) is 1. The summed E-state index contributed by atoms with van der Waals surface area (Å²) >= 11 is 0. The summed E-state index contributed by atoms with van der Waals surface area (Å²) in [5, 5.41) is 0.983. The van der Waals surface area contributed by atoms with Crippen LogP contribution < -0.4 is 5.73 Å². The minimum Gasteiger partial charge on any atom is -0.370 e. The summed E-state index contributed by atoms with van der Waals surface area (Å²) in [6.45, 7) is 4.57. The van der Waals surface area contributed by atoms with Gasteiger partial charge < -0.3 is 10.6 Å². The molecule has 4 rings (SSSR count). The molecule has 1 atom stereocenters. The van der Waals surface area contributed by atoms with Gasteiger partial charge in [0.25, 0.3) is 10.0 Å². The van der Waals surface area contributed by atoms with Gasteiger partial charge in [0.15, 0.2) is 0 Å². The number of aryl methyl sites for hydroxylation is 1. The van der Waals surface area contributed by atoms with E-state index in [1.165, 1.54) is 3.97 Å². The van der Waals surface area contributed by atoms with Crippen molar-refractivity contribution in [2.75, 3.05) is 19.6 Å². The quantitative estimate of drug-likeness (QED) is 0.630. The Kier molecular flexibility index (Phi) is 5.66. The summed E-state index contributed by atoms with van der Waals surface area (Å²) < 4.78 is 28.2. The number of hydrogen-bond acceptors (Lipinski definition) is 4. The molecule has 1 fully saturated rings. The number of carbonyl (C=O) groups is 1. The summed E-state index contributed by atoms with van der Waals surface area (Å²) in [4.78, 5) is 13.6. The van der Waals surface area contributed by atoms with Gasteiger partial charge in [0.2, 0.25) is 5.91 Å². The Balaban J connectivity index is 1.65. The number of carbonyl (C=O) groups excluding carboxylic acids is 1. The van der Waals surface area contributed by atoms with Crippen molar-refractivity contribution in [2.45, 2.75) is 37.0 Å². The van der Waals surface area contributed by atoms with Crippen LogP contribution in [0, 0.1) is 6.92 Å². The first-order chi connectivity index (χ1) is 14.4. The fraction of sp³-hybridized carbons (Fsp3) is 0.348. The molecule has 2 N–H and O–H groups in total. The molecule has 1 aliphatic heterocycles. The van der Waals surface area contributed by atoms with Crippen molar-refractivity contribution < 1.29 is 13.2 Å². The number of aromatic nitrogens is 1. The zero-order valence-electron chi connectivity index (χ0n) is 17.1. The third kappa shape index (κ3) is 4.00. The molecule has 7 heteroatoms. The lowest BCUT2D eigenvalue weighted by atomic mass is 9.98. The van der Waals surface area contributed by atoms with E-state index >= 15 is 0 Å². The third-order valence-electron chi connectivity index (χ3n) is 5.90. The minimum atomic E-state index is -3.68. The molecule has 158 valence electrons. The monoisotopic (exact) mass is 425 g/mol. The molecule has 30 heavy (non-hydrogen) atoms. The molecule has 1 aromatic heterocycles. The second-order valence-electron chi connectivity index (χ2n) is 8.07. The van der Waals surface area contributed by atoms with Crippen molar-refractivity contribution >= 4 is 26.8 Å². The number of amides is 1. The molecule has 1 aliphatic rings. The molecular formula is C23H27N3O3S. The Morgan fingerprint density at radius 3 is 2.60 bits per heavy atom. The maximum atomic E-state index is 13.4. The average Bonchev–Trinajstić information content (AvgIpc) is 3.33. The van der Waals surface area contributed by atoms with Gasteiger partial charge in [0, 0.05) is 24.5 Å². The Morgan fingerprint density at radius 1 is 1.13 bits per heavy atom. The number of para-hydroxylation sites is 1. The molecule has 2 heterocycles. The molecular weight excluding hydrogens is 398 g/mol. The summed E-state index contributed by atoms with van der Waals surface area (Å²) in [5.74, 6) is -0.00641. The van der Waals surface area contributed by atoms with E-state index in [0.717, 1.165) is 49.0 Å². The van der Waals surface area contributed by atoms with Crippen LogP contribution in [0.1, 0.15) is 36.3 Å². The van der Waals surface area contributed by atoms with E-state index in [4.69, 9.17) is 5.73 Å². The average molecular weight is 426 g/mol. The van der Waals surface area contributed by atoms with Crippen molar-refractivity contribution in [1.29, 1.82) is 0 Å². The highest BCUT2D eigenvalue weighted by Crippen LogP contribution is 2.35. The number of fused-ring (bicyclic) bond motifs is 1. The van der Waals surface area contributed by atoms with Crippen molar-refractivity contribution in [3.8, 4) is 0 Å².